The summed E-state index contributed by atoms with van der Waals surface area (Å²) in [6, 6.07) is 8.61. The van der Waals surface area contributed by atoms with Crippen LogP contribution < -0.4 is 10.6 Å². The van der Waals surface area contributed by atoms with E-state index in [1.165, 1.54) is 37.7 Å². The summed E-state index contributed by atoms with van der Waals surface area (Å²) in [5, 5.41) is 7.11. The predicted octanol–water partition coefficient (Wildman–Crippen LogP) is 3.56. The van der Waals surface area contributed by atoms with Crippen LogP contribution in [0.1, 0.15) is 75.5 Å². The second-order valence-corrected chi connectivity index (χ2v) is 12.0. The lowest BCUT2D eigenvalue weighted by molar-refractivity contribution is -0.144. The number of rotatable bonds is 6. The van der Waals surface area contributed by atoms with Gasteiger partial charge < -0.3 is 15.4 Å². The molecule has 1 aromatic carbocycles. The van der Waals surface area contributed by atoms with E-state index in [-0.39, 0.29) is 23.3 Å². The molecule has 1 atom stereocenters. The summed E-state index contributed by atoms with van der Waals surface area (Å²) in [6.07, 6.45) is 9.04. The number of benzene rings is 1. The number of ether oxygens (including phenoxy) is 1. The minimum atomic E-state index is -0.335. The predicted molar refractivity (Wildman–Crippen MR) is 135 cm³/mol. The molecule has 5 fully saturated rings. The highest BCUT2D eigenvalue weighted by atomic mass is 16.5. The van der Waals surface area contributed by atoms with Crippen molar-refractivity contribution >= 4 is 11.9 Å². The molecular formula is C29H41N3O3. The van der Waals surface area contributed by atoms with E-state index in [4.69, 9.17) is 4.74 Å². The molecule has 2 N–H and O–H groups in total. The lowest BCUT2D eigenvalue weighted by atomic mass is 9.54. The van der Waals surface area contributed by atoms with Crippen molar-refractivity contribution in [3.63, 3.8) is 0 Å². The molecule has 1 spiro atoms. The highest BCUT2D eigenvalue weighted by molar-refractivity contribution is 5.85. The molecule has 4 saturated carbocycles. The van der Waals surface area contributed by atoms with Gasteiger partial charge in [0.1, 0.15) is 6.04 Å². The number of esters is 1. The zero-order valence-corrected chi connectivity index (χ0v) is 21.1. The topological polar surface area (TPSA) is 70.7 Å². The highest BCUT2D eigenvalue weighted by Crippen LogP contribution is 2.54. The molecule has 35 heavy (non-hydrogen) atoms. The van der Waals surface area contributed by atoms with Crippen molar-refractivity contribution in [2.75, 3.05) is 32.8 Å². The van der Waals surface area contributed by atoms with Crippen molar-refractivity contribution in [1.29, 1.82) is 0 Å². The van der Waals surface area contributed by atoms with E-state index in [0.717, 1.165) is 49.9 Å². The van der Waals surface area contributed by atoms with Gasteiger partial charge in [-0.15, -0.1) is 0 Å². The zero-order valence-electron chi connectivity index (χ0n) is 21.1. The van der Waals surface area contributed by atoms with E-state index in [1.807, 2.05) is 6.92 Å². The molecular weight excluding hydrogens is 438 g/mol. The Labute approximate surface area is 209 Å². The molecule has 6 nitrogen and oxygen atoms in total. The van der Waals surface area contributed by atoms with Crippen LogP contribution in [0.5, 0.6) is 0 Å². The fourth-order valence-corrected chi connectivity index (χ4v) is 8.70. The van der Waals surface area contributed by atoms with Crippen LogP contribution in [0.4, 0.5) is 0 Å². The Bertz CT molecular complexity index is 928. The van der Waals surface area contributed by atoms with Crippen molar-refractivity contribution in [2.45, 2.75) is 75.8 Å². The molecule has 1 saturated heterocycles. The van der Waals surface area contributed by atoms with E-state index < -0.39 is 0 Å². The van der Waals surface area contributed by atoms with E-state index in [1.54, 1.807) is 0 Å². The average Bonchev–Trinajstić information content (AvgIpc) is 2.85. The van der Waals surface area contributed by atoms with E-state index in [9.17, 15) is 9.59 Å². The van der Waals surface area contributed by atoms with Gasteiger partial charge in [0.05, 0.1) is 13.0 Å². The third kappa shape index (κ3) is 4.31. The Hall–Kier alpha value is -1.92. The maximum Gasteiger partial charge on any atom is 0.307 e. The number of nitrogens with one attached hydrogen (secondary N) is 2. The minimum Gasteiger partial charge on any atom is -0.466 e. The van der Waals surface area contributed by atoms with Gasteiger partial charge in [0, 0.05) is 24.5 Å². The summed E-state index contributed by atoms with van der Waals surface area (Å²) < 4.78 is 5.24. The maximum absolute atomic E-state index is 14.1. The van der Waals surface area contributed by atoms with Gasteiger partial charge in [-0.1, -0.05) is 24.3 Å². The van der Waals surface area contributed by atoms with Gasteiger partial charge >= 0.3 is 5.97 Å². The third-order valence-corrected chi connectivity index (χ3v) is 9.95. The Balaban J connectivity index is 1.29. The first-order valence-corrected chi connectivity index (χ1v) is 14.1. The largest absolute Gasteiger partial charge is 0.466 e. The van der Waals surface area contributed by atoms with E-state index in [2.05, 4.69) is 39.8 Å². The molecule has 190 valence electrons. The van der Waals surface area contributed by atoms with Gasteiger partial charge in [-0.2, -0.15) is 0 Å². The van der Waals surface area contributed by atoms with Crippen molar-refractivity contribution in [1.82, 2.24) is 15.5 Å². The van der Waals surface area contributed by atoms with Gasteiger partial charge in [-0.25, -0.2) is 0 Å². The Kier molecular flexibility index (Phi) is 6.38. The molecule has 1 aromatic rings. The molecule has 2 heterocycles. The molecule has 2 aliphatic heterocycles. The molecule has 7 rings (SSSR count). The van der Waals surface area contributed by atoms with Crippen molar-refractivity contribution in [3.05, 3.63) is 35.4 Å². The summed E-state index contributed by atoms with van der Waals surface area (Å²) in [5.74, 6) is 3.05. The van der Waals surface area contributed by atoms with Gasteiger partial charge in [0.15, 0.2) is 0 Å². The van der Waals surface area contributed by atoms with Crippen LogP contribution >= 0.6 is 0 Å². The number of hydrogen-bond acceptors (Lipinski definition) is 5. The van der Waals surface area contributed by atoms with Gasteiger partial charge in [0.2, 0.25) is 5.91 Å². The first-order valence-electron chi connectivity index (χ1n) is 14.1. The normalized spacial score (nSPS) is 35.0. The Morgan fingerprint density at radius 3 is 2.43 bits per heavy atom. The number of piperidine rings is 1. The second kappa shape index (κ2) is 9.51. The number of amides is 1. The molecule has 0 radical (unpaired) electrons. The number of hydrogen-bond donors (Lipinski definition) is 2. The Morgan fingerprint density at radius 2 is 1.74 bits per heavy atom. The van der Waals surface area contributed by atoms with Crippen molar-refractivity contribution < 1.29 is 14.3 Å². The van der Waals surface area contributed by atoms with Crippen LogP contribution in [0.25, 0.3) is 0 Å². The van der Waals surface area contributed by atoms with Gasteiger partial charge in [-0.05, 0) is 99.8 Å². The number of carbonyl (C=O) groups excluding carboxylic acids is 2. The second-order valence-electron chi connectivity index (χ2n) is 12.0. The number of carbonyl (C=O) groups is 2. The summed E-state index contributed by atoms with van der Waals surface area (Å²) in [6.45, 7) is 5.61. The summed E-state index contributed by atoms with van der Waals surface area (Å²) in [7, 11) is 0. The van der Waals surface area contributed by atoms with Crippen LogP contribution in [0.2, 0.25) is 0 Å². The smallest absolute Gasteiger partial charge is 0.307 e. The first kappa shape index (κ1) is 23.5. The standard InChI is InChI=1S/C29H41N3O3/c1-2-35-25(33)7-12-32-18-29(8-10-30-11-9-29)24-6-4-3-5-23(24)27(32)28(34)31-26-21-14-19-13-20(16-21)17-22(26)15-19/h3-6,19-22,26-27,30H,2,7-18H2,1H3,(H,31,34)/t19?,20?,21?,22?,26?,27-/m1/s1. The van der Waals surface area contributed by atoms with Crippen LogP contribution in [-0.2, 0) is 19.7 Å². The Morgan fingerprint density at radius 1 is 1.06 bits per heavy atom. The first-order chi connectivity index (χ1) is 17.1. The summed E-state index contributed by atoms with van der Waals surface area (Å²) in [4.78, 5) is 28.7. The van der Waals surface area contributed by atoms with Crippen LogP contribution in [0.15, 0.2) is 24.3 Å². The SMILES string of the molecule is CCOC(=O)CCN1CC2(CCNCC2)c2ccccc2[C@@H]1C(=O)NC1C2CC3CC(C2)CC1C3. The van der Waals surface area contributed by atoms with Crippen LogP contribution in [0, 0.1) is 23.7 Å². The summed E-state index contributed by atoms with van der Waals surface area (Å²) in [5.41, 5.74) is 2.53. The fraction of sp³-hybridized carbons (Fsp3) is 0.724. The monoisotopic (exact) mass is 479 g/mol. The van der Waals surface area contributed by atoms with Crippen LogP contribution in [-0.4, -0.2) is 55.6 Å². The molecule has 4 bridgehead atoms. The fourth-order valence-electron chi connectivity index (χ4n) is 8.70. The van der Waals surface area contributed by atoms with Gasteiger partial charge in [0.25, 0.3) is 0 Å². The maximum atomic E-state index is 14.1. The van der Waals surface area contributed by atoms with Crippen LogP contribution in [0.3, 0.4) is 0 Å². The quantitative estimate of drug-likeness (QED) is 0.611. The molecule has 6 heteroatoms. The minimum absolute atomic E-state index is 0.0376. The van der Waals surface area contributed by atoms with Crippen molar-refractivity contribution in [3.8, 4) is 0 Å². The van der Waals surface area contributed by atoms with Crippen molar-refractivity contribution in [2.24, 2.45) is 23.7 Å². The molecule has 4 aliphatic carbocycles. The molecule has 1 amide bonds. The number of fused-ring (bicyclic) bond motifs is 2. The molecule has 0 unspecified atom stereocenters. The third-order valence-electron chi connectivity index (χ3n) is 9.95. The average molecular weight is 480 g/mol. The molecule has 0 aromatic heterocycles. The van der Waals surface area contributed by atoms with E-state index in [0.29, 0.717) is 37.5 Å². The molecule has 6 aliphatic rings. The van der Waals surface area contributed by atoms with Gasteiger partial charge in [-0.3, -0.25) is 14.5 Å². The lowest BCUT2D eigenvalue weighted by Crippen LogP contribution is -2.60. The van der Waals surface area contributed by atoms with E-state index >= 15 is 0 Å². The zero-order chi connectivity index (χ0) is 24.0. The summed E-state index contributed by atoms with van der Waals surface area (Å²) >= 11 is 0. The highest BCUT2D eigenvalue weighted by Gasteiger charge is 2.51. The number of nitrogens with zero attached hydrogens (tertiary/aromatic N) is 1. The lowest BCUT2D eigenvalue weighted by Gasteiger charge is -2.55.